The lowest BCUT2D eigenvalue weighted by Gasteiger charge is -2.06. The van der Waals surface area contributed by atoms with Crippen molar-refractivity contribution < 1.29 is 9.63 Å². The SMILES string of the molecule is CCc1cc(C(=O)NOCC(C)C)sc1C. The molecule has 0 atom stereocenters. The van der Waals surface area contributed by atoms with Gasteiger partial charge in [-0.1, -0.05) is 20.8 Å². The molecule has 1 amide bonds. The monoisotopic (exact) mass is 241 g/mol. The number of hydrogen-bond acceptors (Lipinski definition) is 3. The predicted octanol–water partition coefficient (Wildman–Crippen LogP) is 2.94. The lowest BCUT2D eigenvalue weighted by atomic mass is 10.2. The molecular formula is C12H19NO2S. The minimum absolute atomic E-state index is 0.145. The first kappa shape index (κ1) is 13.2. The number of amides is 1. The maximum Gasteiger partial charge on any atom is 0.284 e. The largest absolute Gasteiger partial charge is 0.284 e. The van der Waals surface area contributed by atoms with Gasteiger partial charge in [-0.2, -0.15) is 0 Å². The highest BCUT2D eigenvalue weighted by Crippen LogP contribution is 2.21. The summed E-state index contributed by atoms with van der Waals surface area (Å²) in [6.07, 6.45) is 0.961. The minimum atomic E-state index is -0.145. The zero-order valence-electron chi connectivity index (χ0n) is 10.3. The Labute approximate surface area is 101 Å². The molecule has 0 aliphatic heterocycles. The van der Waals surface area contributed by atoms with E-state index in [1.807, 2.05) is 26.8 Å². The summed E-state index contributed by atoms with van der Waals surface area (Å²) in [5.41, 5.74) is 3.70. The van der Waals surface area contributed by atoms with E-state index in [9.17, 15) is 4.79 Å². The molecule has 0 saturated carbocycles. The highest BCUT2D eigenvalue weighted by Gasteiger charge is 2.11. The molecule has 0 bridgehead atoms. The molecule has 0 aromatic carbocycles. The van der Waals surface area contributed by atoms with E-state index < -0.39 is 0 Å². The van der Waals surface area contributed by atoms with E-state index in [0.29, 0.717) is 12.5 Å². The Balaban J connectivity index is 2.52. The number of thiophene rings is 1. The quantitative estimate of drug-likeness (QED) is 0.805. The second-order valence-corrected chi connectivity index (χ2v) is 5.44. The van der Waals surface area contributed by atoms with Crippen molar-refractivity contribution in [2.24, 2.45) is 5.92 Å². The van der Waals surface area contributed by atoms with Crippen molar-refractivity contribution in [1.29, 1.82) is 0 Å². The molecule has 0 fully saturated rings. The van der Waals surface area contributed by atoms with Crippen LogP contribution >= 0.6 is 11.3 Å². The third kappa shape index (κ3) is 3.61. The van der Waals surface area contributed by atoms with Crippen molar-refractivity contribution in [3.63, 3.8) is 0 Å². The molecule has 0 aliphatic carbocycles. The molecule has 1 aromatic heterocycles. The maximum atomic E-state index is 11.7. The van der Waals surface area contributed by atoms with E-state index in [2.05, 4.69) is 12.4 Å². The smallest absolute Gasteiger partial charge is 0.273 e. The Morgan fingerprint density at radius 2 is 2.25 bits per heavy atom. The van der Waals surface area contributed by atoms with Gasteiger partial charge in [0.25, 0.3) is 5.91 Å². The summed E-state index contributed by atoms with van der Waals surface area (Å²) < 4.78 is 0. The lowest BCUT2D eigenvalue weighted by Crippen LogP contribution is -2.24. The van der Waals surface area contributed by atoms with Crippen molar-refractivity contribution in [3.05, 3.63) is 21.4 Å². The van der Waals surface area contributed by atoms with Crippen molar-refractivity contribution in [2.45, 2.75) is 34.1 Å². The fourth-order valence-corrected chi connectivity index (χ4v) is 2.31. The van der Waals surface area contributed by atoms with Crippen molar-refractivity contribution in [1.82, 2.24) is 5.48 Å². The summed E-state index contributed by atoms with van der Waals surface area (Å²) in [5.74, 6) is 0.269. The first-order valence-electron chi connectivity index (χ1n) is 5.56. The Morgan fingerprint density at radius 3 is 2.75 bits per heavy atom. The van der Waals surface area contributed by atoms with Gasteiger partial charge < -0.3 is 0 Å². The first-order valence-corrected chi connectivity index (χ1v) is 6.37. The van der Waals surface area contributed by atoms with Crippen LogP contribution in [0.15, 0.2) is 6.07 Å². The lowest BCUT2D eigenvalue weighted by molar-refractivity contribution is 0.0212. The molecular weight excluding hydrogens is 222 g/mol. The molecule has 1 rings (SSSR count). The molecule has 0 aliphatic rings. The molecule has 1 aromatic rings. The molecule has 0 saturated heterocycles. The highest BCUT2D eigenvalue weighted by atomic mass is 32.1. The van der Waals surface area contributed by atoms with Gasteiger partial charge in [0.15, 0.2) is 0 Å². The molecule has 1 N–H and O–H groups in total. The number of aryl methyl sites for hydroxylation is 2. The first-order chi connectivity index (χ1) is 7.54. The van der Waals surface area contributed by atoms with E-state index in [1.165, 1.54) is 21.8 Å². The van der Waals surface area contributed by atoms with E-state index in [4.69, 9.17) is 4.84 Å². The van der Waals surface area contributed by atoms with Crippen LogP contribution in [-0.4, -0.2) is 12.5 Å². The summed E-state index contributed by atoms with van der Waals surface area (Å²) in [4.78, 5) is 18.7. The Bertz CT molecular complexity index is 358. The number of rotatable bonds is 5. The van der Waals surface area contributed by atoms with Gasteiger partial charge in [0.2, 0.25) is 0 Å². The number of carbonyl (C=O) groups is 1. The number of hydrogen-bond donors (Lipinski definition) is 1. The van der Waals surface area contributed by atoms with Crippen LogP contribution in [0.2, 0.25) is 0 Å². The molecule has 0 radical (unpaired) electrons. The molecule has 4 heteroatoms. The van der Waals surface area contributed by atoms with Gasteiger partial charge >= 0.3 is 0 Å². The average Bonchev–Trinajstić information content (AvgIpc) is 2.59. The zero-order chi connectivity index (χ0) is 12.1. The normalized spacial score (nSPS) is 10.8. The Kier molecular flexibility index (Phi) is 4.96. The van der Waals surface area contributed by atoms with Crippen molar-refractivity contribution in [3.8, 4) is 0 Å². The number of carbonyl (C=O) groups excluding carboxylic acids is 1. The van der Waals surface area contributed by atoms with Crippen LogP contribution in [0.3, 0.4) is 0 Å². The summed E-state index contributed by atoms with van der Waals surface area (Å²) in [6.45, 7) is 8.74. The topological polar surface area (TPSA) is 38.3 Å². The molecule has 90 valence electrons. The number of nitrogens with one attached hydrogen (secondary N) is 1. The third-order valence-electron chi connectivity index (χ3n) is 2.21. The van der Waals surface area contributed by atoms with Crippen molar-refractivity contribution in [2.75, 3.05) is 6.61 Å². The average molecular weight is 241 g/mol. The van der Waals surface area contributed by atoms with Gasteiger partial charge in [-0.15, -0.1) is 11.3 Å². The van der Waals surface area contributed by atoms with Crippen LogP contribution in [-0.2, 0) is 11.3 Å². The summed E-state index contributed by atoms with van der Waals surface area (Å²) >= 11 is 1.51. The summed E-state index contributed by atoms with van der Waals surface area (Å²) in [6, 6.07) is 1.94. The standard InChI is InChI=1S/C12H19NO2S/c1-5-10-6-11(16-9(10)4)12(14)13-15-7-8(2)3/h6,8H,5,7H2,1-4H3,(H,13,14). The maximum absolute atomic E-state index is 11.7. The van der Waals surface area contributed by atoms with Crippen LogP contribution in [0.1, 0.15) is 40.9 Å². The summed E-state index contributed by atoms with van der Waals surface area (Å²) in [7, 11) is 0. The second kappa shape index (κ2) is 6.01. The predicted molar refractivity (Wildman–Crippen MR) is 66.7 cm³/mol. The van der Waals surface area contributed by atoms with Crippen LogP contribution in [0.5, 0.6) is 0 Å². The van der Waals surface area contributed by atoms with Gasteiger partial charge in [0.05, 0.1) is 11.5 Å². The zero-order valence-corrected chi connectivity index (χ0v) is 11.1. The van der Waals surface area contributed by atoms with Crippen LogP contribution < -0.4 is 5.48 Å². The fourth-order valence-electron chi connectivity index (χ4n) is 1.31. The Morgan fingerprint density at radius 1 is 1.56 bits per heavy atom. The molecule has 0 spiro atoms. The van der Waals surface area contributed by atoms with E-state index >= 15 is 0 Å². The fraction of sp³-hybridized carbons (Fsp3) is 0.583. The van der Waals surface area contributed by atoms with E-state index in [0.717, 1.165) is 11.3 Å². The molecule has 3 nitrogen and oxygen atoms in total. The van der Waals surface area contributed by atoms with Crippen LogP contribution in [0.4, 0.5) is 0 Å². The van der Waals surface area contributed by atoms with Crippen LogP contribution in [0.25, 0.3) is 0 Å². The van der Waals surface area contributed by atoms with Gasteiger partial charge in [0, 0.05) is 4.88 Å². The number of hydroxylamine groups is 1. The van der Waals surface area contributed by atoms with Gasteiger partial charge in [-0.05, 0) is 30.9 Å². The van der Waals surface area contributed by atoms with Crippen molar-refractivity contribution >= 4 is 17.2 Å². The highest BCUT2D eigenvalue weighted by molar-refractivity contribution is 7.14. The van der Waals surface area contributed by atoms with Crippen LogP contribution in [0, 0.1) is 12.8 Å². The van der Waals surface area contributed by atoms with Gasteiger partial charge in [-0.25, -0.2) is 5.48 Å². The minimum Gasteiger partial charge on any atom is -0.273 e. The third-order valence-corrected chi connectivity index (χ3v) is 3.30. The van der Waals surface area contributed by atoms with Gasteiger partial charge in [-0.3, -0.25) is 9.63 Å². The molecule has 16 heavy (non-hydrogen) atoms. The Hall–Kier alpha value is -0.870. The summed E-state index contributed by atoms with van der Waals surface area (Å²) in [5, 5.41) is 0. The molecule has 0 unspecified atom stereocenters. The molecule has 1 heterocycles. The van der Waals surface area contributed by atoms with Gasteiger partial charge in [0.1, 0.15) is 0 Å². The second-order valence-electron chi connectivity index (χ2n) is 4.18. The van der Waals surface area contributed by atoms with E-state index in [1.54, 1.807) is 0 Å². The van der Waals surface area contributed by atoms with E-state index in [-0.39, 0.29) is 5.91 Å².